The minimum atomic E-state index is -3.56. The third-order valence-corrected chi connectivity index (χ3v) is 6.65. The van der Waals surface area contributed by atoms with Gasteiger partial charge < -0.3 is 10.2 Å². The van der Waals surface area contributed by atoms with Gasteiger partial charge in [0.1, 0.15) is 0 Å². The average Bonchev–Trinajstić information content (AvgIpc) is 2.62. The molecule has 0 spiro atoms. The number of aryl methyl sites for hydroxylation is 1. The molecule has 0 bridgehead atoms. The highest BCUT2D eigenvalue weighted by molar-refractivity contribution is 7.89. The Morgan fingerprint density at radius 2 is 1.67 bits per heavy atom. The fourth-order valence-electron chi connectivity index (χ4n) is 3.32. The van der Waals surface area contributed by atoms with Gasteiger partial charge in [0.25, 0.3) is 0 Å². The number of nitrogens with one attached hydrogen (secondary N) is 1. The summed E-state index contributed by atoms with van der Waals surface area (Å²) in [7, 11) is -3.56. The number of hydrogen-bond acceptors (Lipinski definition) is 4. The molecule has 0 aromatic heterocycles. The number of nitrogens with zero attached hydrogens (tertiary/aromatic N) is 2. The van der Waals surface area contributed by atoms with Crippen LogP contribution in [0, 0.1) is 6.92 Å². The SMILES string of the molecule is CC(=O)Nc1ccc(S(=O)(=O)N2CCN(c3ccc(C)cc3)[C@@H](C)C2)cc1. The molecule has 2 aromatic carbocycles. The van der Waals surface area contributed by atoms with E-state index in [1.807, 2.05) is 6.92 Å². The van der Waals surface area contributed by atoms with E-state index < -0.39 is 10.0 Å². The number of carbonyl (C=O) groups is 1. The van der Waals surface area contributed by atoms with E-state index in [2.05, 4.69) is 41.4 Å². The molecule has 27 heavy (non-hydrogen) atoms. The monoisotopic (exact) mass is 387 g/mol. The van der Waals surface area contributed by atoms with Crippen molar-refractivity contribution in [3.8, 4) is 0 Å². The van der Waals surface area contributed by atoms with Crippen molar-refractivity contribution in [1.29, 1.82) is 0 Å². The van der Waals surface area contributed by atoms with E-state index in [9.17, 15) is 13.2 Å². The first kappa shape index (κ1) is 19.4. The molecule has 1 aliphatic rings. The fourth-order valence-corrected chi connectivity index (χ4v) is 4.84. The van der Waals surface area contributed by atoms with Gasteiger partial charge in [0.15, 0.2) is 0 Å². The van der Waals surface area contributed by atoms with Gasteiger partial charge in [0.05, 0.1) is 4.90 Å². The number of benzene rings is 2. The van der Waals surface area contributed by atoms with Crippen LogP contribution in [0.2, 0.25) is 0 Å². The lowest BCUT2D eigenvalue weighted by Gasteiger charge is -2.40. The van der Waals surface area contributed by atoms with E-state index in [0.717, 1.165) is 5.69 Å². The Balaban J connectivity index is 1.73. The zero-order valence-corrected chi connectivity index (χ0v) is 16.7. The summed E-state index contributed by atoms with van der Waals surface area (Å²) >= 11 is 0. The lowest BCUT2D eigenvalue weighted by atomic mass is 10.1. The summed E-state index contributed by atoms with van der Waals surface area (Å²) in [6.07, 6.45) is 0. The number of sulfonamides is 1. The number of piperazine rings is 1. The first-order valence-electron chi connectivity index (χ1n) is 8.98. The molecule has 6 nitrogen and oxygen atoms in total. The van der Waals surface area contributed by atoms with Gasteiger partial charge in [0, 0.05) is 44.0 Å². The van der Waals surface area contributed by atoms with E-state index >= 15 is 0 Å². The van der Waals surface area contributed by atoms with Crippen LogP contribution in [0.15, 0.2) is 53.4 Å². The number of amides is 1. The van der Waals surface area contributed by atoms with Gasteiger partial charge >= 0.3 is 0 Å². The maximum atomic E-state index is 13.0. The quantitative estimate of drug-likeness (QED) is 0.876. The summed E-state index contributed by atoms with van der Waals surface area (Å²) in [6.45, 7) is 7.03. The predicted molar refractivity (Wildman–Crippen MR) is 107 cm³/mol. The molecule has 1 saturated heterocycles. The summed E-state index contributed by atoms with van der Waals surface area (Å²) in [5.41, 5.74) is 2.90. The van der Waals surface area contributed by atoms with Crippen LogP contribution < -0.4 is 10.2 Å². The van der Waals surface area contributed by atoms with Crippen molar-refractivity contribution < 1.29 is 13.2 Å². The van der Waals surface area contributed by atoms with E-state index in [0.29, 0.717) is 25.3 Å². The molecule has 1 atom stereocenters. The Hall–Kier alpha value is -2.38. The van der Waals surface area contributed by atoms with Crippen LogP contribution in [-0.4, -0.2) is 44.3 Å². The molecule has 1 fully saturated rings. The maximum absolute atomic E-state index is 13.0. The van der Waals surface area contributed by atoms with Crippen molar-refractivity contribution in [1.82, 2.24) is 4.31 Å². The molecule has 1 heterocycles. The second kappa shape index (κ2) is 7.70. The van der Waals surface area contributed by atoms with Crippen molar-refractivity contribution in [3.63, 3.8) is 0 Å². The summed E-state index contributed by atoms with van der Waals surface area (Å²) < 4.78 is 27.5. The largest absolute Gasteiger partial charge is 0.366 e. The van der Waals surface area contributed by atoms with E-state index in [1.54, 1.807) is 12.1 Å². The Kier molecular flexibility index (Phi) is 5.53. The highest BCUT2D eigenvalue weighted by atomic mass is 32.2. The van der Waals surface area contributed by atoms with Crippen molar-refractivity contribution >= 4 is 27.3 Å². The predicted octanol–water partition coefficient (Wildman–Crippen LogP) is 2.85. The van der Waals surface area contributed by atoms with Crippen LogP contribution >= 0.6 is 0 Å². The third kappa shape index (κ3) is 4.31. The topological polar surface area (TPSA) is 69.7 Å². The normalized spacial score (nSPS) is 18.3. The zero-order chi connectivity index (χ0) is 19.6. The zero-order valence-electron chi connectivity index (χ0n) is 15.8. The van der Waals surface area contributed by atoms with Crippen LogP contribution in [0.1, 0.15) is 19.4 Å². The van der Waals surface area contributed by atoms with Gasteiger partial charge in [-0.15, -0.1) is 0 Å². The molecule has 0 unspecified atom stereocenters. The minimum absolute atomic E-state index is 0.0786. The molecule has 144 valence electrons. The third-order valence-electron chi connectivity index (χ3n) is 4.77. The molecule has 2 aromatic rings. The van der Waals surface area contributed by atoms with E-state index in [4.69, 9.17) is 0 Å². The lowest BCUT2D eigenvalue weighted by molar-refractivity contribution is -0.114. The fraction of sp³-hybridized carbons (Fsp3) is 0.350. The van der Waals surface area contributed by atoms with Crippen molar-refractivity contribution in [3.05, 3.63) is 54.1 Å². The molecule has 0 saturated carbocycles. The van der Waals surface area contributed by atoms with Crippen LogP contribution in [0.25, 0.3) is 0 Å². The minimum Gasteiger partial charge on any atom is -0.366 e. The number of carbonyl (C=O) groups excluding carboxylic acids is 1. The van der Waals surface area contributed by atoms with Gasteiger partial charge in [-0.05, 0) is 50.2 Å². The highest BCUT2D eigenvalue weighted by Gasteiger charge is 2.32. The van der Waals surface area contributed by atoms with Crippen LogP contribution in [0.5, 0.6) is 0 Å². The second-order valence-corrected chi connectivity index (χ2v) is 8.88. The number of anilines is 2. The van der Waals surface area contributed by atoms with Crippen LogP contribution in [0.4, 0.5) is 11.4 Å². The average molecular weight is 388 g/mol. The molecular formula is C20H25N3O3S. The molecule has 7 heteroatoms. The molecule has 1 N–H and O–H groups in total. The molecule has 1 amide bonds. The summed E-state index contributed by atoms with van der Waals surface area (Å²) in [4.78, 5) is 13.6. The molecule has 0 aliphatic carbocycles. The first-order valence-corrected chi connectivity index (χ1v) is 10.4. The van der Waals surface area contributed by atoms with Gasteiger partial charge in [-0.3, -0.25) is 4.79 Å². The summed E-state index contributed by atoms with van der Waals surface area (Å²) in [5, 5.41) is 2.64. The molecular weight excluding hydrogens is 362 g/mol. The van der Waals surface area contributed by atoms with Gasteiger partial charge in [-0.2, -0.15) is 4.31 Å². The summed E-state index contributed by atoms with van der Waals surface area (Å²) in [5.74, 6) is -0.188. The molecule has 3 rings (SSSR count). The van der Waals surface area contributed by atoms with Crippen molar-refractivity contribution in [2.24, 2.45) is 0 Å². The van der Waals surface area contributed by atoms with Crippen molar-refractivity contribution in [2.75, 3.05) is 29.9 Å². The Bertz CT molecular complexity index is 908. The summed E-state index contributed by atoms with van der Waals surface area (Å²) in [6, 6.07) is 14.7. The smallest absolute Gasteiger partial charge is 0.243 e. The molecule has 0 radical (unpaired) electrons. The van der Waals surface area contributed by atoms with E-state index in [1.165, 1.54) is 28.9 Å². The second-order valence-electron chi connectivity index (χ2n) is 6.95. The Morgan fingerprint density at radius 1 is 1.04 bits per heavy atom. The Morgan fingerprint density at radius 3 is 2.22 bits per heavy atom. The van der Waals surface area contributed by atoms with Crippen molar-refractivity contribution in [2.45, 2.75) is 31.7 Å². The van der Waals surface area contributed by atoms with Crippen LogP contribution in [0.3, 0.4) is 0 Å². The first-order chi connectivity index (χ1) is 12.8. The van der Waals surface area contributed by atoms with Gasteiger partial charge in [-0.1, -0.05) is 17.7 Å². The maximum Gasteiger partial charge on any atom is 0.243 e. The molecule has 1 aliphatic heterocycles. The number of hydrogen-bond donors (Lipinski definition) is 1. The standard InChI is InChI=1S/C20H25N3O3S/c1-15-4-8-19(9-5-15)23-13-12-22(14-16(23)2)27(25,26)20-10-6-18(7-11-20)21-17(3)24/h4-11,16H,12-14H2,1-3H3,(H,21,24)/t16-/m0/s1. The van der Waals surface area contributed by atoms with Crippen LogP contribution in [-0.2, 0) is 14.8 Å². The Labute approximate surface area is 160 Å². The van der Waals surface area contributed by atoms with Gasteiger partial charge in [-0.25, -0.2) is 8.42 Å². The van der Waals surface area contributed by atoms with Gasteiger partial charge in [0.2, 0.25) is 15.9 Å². The number of rotatable bonds is 4. The lowest BCUT2D eigenvalue weighted by Crippen LogP contribution is -2.53. The van der Waals surface area contributed by atoms with E-state index in [-0.39, 0.29) is 16.8 Å². The highest BCUT2D eigenvalue weighted by Crippen LogP contribution is 2.25.